The van der Waals surface area contributed by atoms with Gasteiger partial charge in [-0.2, -0.15) is 0 Å². The van der Waals surface area contributed by atoms with Crippen LogP contribution in [0, 0.1) is 0 Å². The molecule has 2 aliphatic rings. The van der Waals surface area contributed by atoms with Crippen LogP contribution in [-0.4, -0.2) is 39.7 Å². The molecule has 1 amide bonds. The Bertz CT molecular complexity index is 614. The van der Waals surface area contributed by atoms with E-state index in [1.54, 1.807) is 11.8 Å². The Labute approximate surface area is 163 Å². The van der Waals surface area contributed by atoms with Crippen molar-refractivity contribution in [3.05, 3.63) is 29.8 Å². The van der Waals surface area contributed by atoms with Gasteiger partial charge in [0.1, 0.15) is 0 Å². The van der Waals surface area contributed by atoms with Crippen molar-refractivity contribution >= 4 is 17.7 Å². The smallest absolute Gasteiger partial charge is 0.236 e. The number of piperidine rings is 1. The Morgan fingerprint density at radius 3 is 2.46 bits per heavy atom. The normalized spacial score (nSPS) is 24.3. The van der Waals surface area contributed by atoms with Crippen LogP contribution in [0.15, 0.2) is 29.2 Å². The largest absolute Gasteiger partial charge is 0.339 e. The van der Waals surface area contributed by atoms with Crippen LogP contribution in [-0.2, 0) is 11.2 Å². The van der Waals surface area contributed by atoms with E-state index >= 15 is 0 Å². The second-order valence-electron chi connectivity index (χ2n) is 9.26. The molecule has 4 heteroatoms. The number of hydrogen-bond acceptors (Lipinski definition) is 3. The maximum absolute atomic E-state index is 13.5. The number of nitrogens with zero attached hydrogens (tertiary/aromatic N) is 1. The van der Waals surface area contributed by atoms with Crippen LogP contribution in [0.4, 0.5) is 0 Å². The lowest BCUT2D eigenvalue weighted by molar-refractivity contribution is -0.134. The van der Waals surface area contributed by atoms with E-state index in [2.05, 4.69) is 69.1 Å². The van der Waals surface area contributed by atoms with Gasteiger partial charge in [-0.1, -0.05) is 31.5 Å². The van der Waals surface area contributed by atoms with Gasteiger partial charge in [0, 0.05) is 28.6 Å². The van der Waals surface area contributed by atoms with Crippen molar-refractivity contribution in [1.29, 1.82) is 0 Å². The van der Waals surface area contributed by atoms with Crippen molar-refractivity contribution < 1.29 is 4.79 Å². The summed E-state index contributed by atoms with van der Waals surface area (Å²) in [4.78, 5) is 17.0. The highest BCUT2D eigenvalue weighted by atomic mass is 32.2. The number of nitrogens with one attached hydrogen (secondary N) is 1. The zero-order valence-corrected chi connectivity index (χ0v) is 17.8. The Morgan fingerprint density at radius 1 is 1.19 bits per heavy atom. The third-order valence-corrected chi connectivity index (χ3v) is 6.87. The molecule has 3 rings (SSSR count). The molecule has 144 valence electrons. The third kappa shape index (κ3) is 4.45. The maximum atomic E-state index is 13.5. The Balaban J connectivity index is 1.78. The summed E-state index contributed by atoms with van der Waals surface area (Å²) in [5.74, 6) is 0.346. The first kappa shape index (κ1) is 19.8. The zero-order chi connectivity index (χ0) is 18.9. The molecule has 1 N–H and O–H groups in total. The fourth-order valence-electron chi connectivity index (χ4n) is 4.79. The topological polar surface area (TPSA) is 32.3 Å². The van der Waals surface area contributed by atoms with Crippen molar-refractivity contribution in [3.63, 3.8) is 0 Å². The second kappa shape index (κ2) is 7.55. The maximum Gasteiger partial charge on any atom is 0.236 e. The summed E-state index contributed by atoms with van der Waals surface area (Å²) in [6, 6.07) is 8.80. The van der Waals surface area contributed by atoms with Crippen molar-refractivity contribution in [2.24, 2.45) is 0 Å². The quantitative estimate of drug-likeness (QED) is 0.815. The molecule has 0 spiro atoms. The minimum absolute atomic E-state index is 0.0466. The van der Waals surface area contributed by atoms with Gasteiger partial charge in [0.15, 0.2) is 0 Å². The molecule has 2 aliphatic heterocycles. The molecule has 0 saturated carbocycles. The highest BCUT2D eigenvalue weighted by Gasteiger charge is 2.42. The zero-order valence-electron chi connectivity index (χ0n) is 17.0. The molecule has 1 saturated heterocycles. The Morgan fingerprint density at radius 2 is 1.85 bits per heavy atom. The lowest BCUT2D eigenvalue weighted by Crippen LogP contribution is -2.63. The highest BCUT2D eigenvalue weighted by Crippen LogP contribution is 2.39. The third-order valence-electron chi connectivity index (χ3n) is 5.57. The SMILES string of the molecule is CCCCN(C(=O)C1Cc2ccccc2S1)C1CC(C)(C)NC(C)(C)C1. The van der Waals surface area contributed by atoms with Gasteiger partial charge in [-0.25, -0.2) is 0 Å². The van der Waals surface area contributed by atoms with Crippen molar-refractivity contribution in [3.8, 4) is 0 Å². The average molecular weight is 375 g/mol. The van der Waals surface area contributed by atoms with Crippen LogP contribution in [0.25, 0.3) is 0 Å². The number of carbonyl (C=O) groups excluding carboxylic acids is 1. The van der Waals surface area contributed by atoms with Crippen LogP contribution in [0.1, 0.15) is 65.9 Å². The average Bonchev–Trinajstić information content (AvgIpc) is 2.96. The van der Waals surface area contributed by atoms with Crippen LogP contribution >= 0.6 is 11.8 Å². The first-order valence-corrected chi connectivity index (χ1v) is 10.9. The molecule has 3 nitrogen and oxygen atoms in total. The molecular formula is C22H34N2OS. The molecule has 0 radical (unpaired) electrons. The van der Waals surface area contributed by atoms with Gasteiger partial charge in [0.2, 0.25) is 5.91 Å². The van der Waals surface area contributed by atoms with E-state index in [4.69, 9.17) is 0 Å². The molecule has 1 atom stereocenters. The fraction of sp³-hybridized carbons (Fsp3) is 0.682. The molecule has 1 unspecified atom stereocenters. The van der Waals surface area contributed by atoms with E-state index in [0.717, 1.165) is 38.6 Å². The Kier molecular flexibility index (Phi) is 5.74. The standard InChI is InChI=1S/C22H34N2OS/c1-6-7-12-24(17-14-21(2,3)23-22(4,5)15-17)20(25)19-13-16-10-8-9-11-18(16)26-19/h8-11,17,19,23H,6-7,12-15H2,1-5H3. The van der Waals surface area contributed by atoms with Gasteiger partial charge in [0.25, 0.3) is 0 Å². The molecule has 2 heterocycles. The van der Waals surface area contributed by atoms with Gasteiger partial charge in [0.05, 0.1) is 5.25 Å². The molecule has 0 aliphatic carbocycles. The van der Waals surface area contributed by atoms with Crippen molar-refractivity contribution in [2.45, 2.75) is 94.0 Å². The fourth-order valence-corrected chi connectivity index (χ4v) is 6.06. The van der Waals surface area contributed by atoms with Crippen molar-refractivity contribution in [2.75, 3.05) is 6.54 Å². The first-order valence-electron chi connectivity index (χ1n) is 10.1. The van der Waals surface area contributed by atoms with E-state index in [0.29, 0.717) is 11.9 Å². The molecule has 1 fully saturated rings. The van der Waals surface area contributed by atoms with Crippen LogP contribution in [0.2, 0.25) is 0 Å². The van der Waals surface area contributed by atoms with Crippen molar-refractivity contribution in [1.82, 2.24) is 10.2 Å². The predicted molar refractivity (Wildman–Crippen MR) is 111 cm³/mol. The molecule has 1 aromatic carbocycles. The number of hydrogen-bond donors (Lipinski definition) is 1. The number of fused-ring (bicyclic) bond motifs is 1. The number of benzene rings is 1. The summed E-state index contributed by atoms with van der Waals surface area (Å²) in [6.45, 7) is 12.2. The molecule has 1 aromatic rings. The lowest BCUT2D eigenvalue weighted by atomic mass is 9.79. The van der Waals surface area contributed by atoms with Crippen LogP contribution < -0.4 is 5.32 Å². The van der Waals surface area contributed by atoms with Crippen LogP contribution in [0.3, 0.4) is 0 Å². The van der Waals surface area contributed by atoms with E-state index < -0.39 is 0 Å². The van der Waals surface area contributed by atoms with Crippen LogP contribution in [0.5, 0.6) is 0 Å². The Hall–Kier alpha value is -1.00. The van der Waals surface area contributed by atoms with Gasteiger partial charge in [-0.3, -0.25) is 4.79 Å². The summed E-state index contributed by atoms with van der Waals surface area (Å²) >= 11 is 1.76. The predicted octanol–water partition coefficient (Wildman–Crippen LogP) is 4.64. The first-order chi connectivity index (χ1) is 12.2. The van der Waals surface area contributed by atoms with Gasteiger partial charge >= 0.3 is 0 Å². The lowest BCUT2D eigenvalue weighted by Gasteiger charge is -2.50. The van der Waals surface area contributed by atoms with E-state index in [1.807, 2.05) is 0 Å². The summed E-state index contributed by atoms with van der Waals surface area (Å²) in [6.07, 6.45) is 5.13. The van der Waals surface area contributed by atoms with Gasteiger partial charge < -0.3 is 10.2 Å². The molecule has 26 heavy (non-hydrogen) atoms. The summed E-state index contributed by atoms with van der Waals surface area (Å²) in [5, 5.41) is 3.80. The monoisotopic (exact) mass is 374 g/mol. The summed E-state index contributed by atoms with van der Waals surface area (Å²) in [5.41, 5.74) is 1.45. The number of rotatable bonds is 5. The minimum Gasteiger partial charge on any atom is -0.339 e. The number of thioether (sulfide) groups is 1. The summed E-state index contributed by atoms with van der Waals surface area (Å²) in [7, 11) is 0. The molecule has 0 aromatic heterocycles. The number of unbranched alkanes of at least 4 members (excludes halogenated alkanes) is 1. The number of amides is 1. The minimum atomic E-state index is 0.0466. The van der Waals surface area contributed by atoms with E-state index in [-0.39, 0.29) is 16.3 Å². The molecule has 0 bridgehead atoms. The van der Waals surface area contributed by atoms with Gasteiger partial charge in [-0.05, 0) is 65.0 Å². The van der Waals surface area contributed by atoms with E-state index in [9.17, 15) is 4.79 Å². The summed E-state index contributed by atoms with van der Waals surface area (Å²) < 4.78 is 0. The second-order valence-corrected chi connectivity index (χ2v) is 10.5. The van der Waals surface area contributed by atoms with E-state index in [1.165, 1.54) is 10.5 Å². The highest BCUT2D eigenvalue weighted by molar-refractivity contribution is 8.01. The molecular weight excluding hydrogens is 340 g/mol. The van der Waals surface area contributed by atoms with Gasteiger partial charge in [-0.15, -0.1) is 11.8 Å². The number of carbonyl (C=O) groups is 1.